The normalized spacial score (nSPS) is 21.6. The van der Waals surface area contributed by atoms with E-state index in [1.165, 1.54) is 0 Å². The minimum absolute atomic E-state index is 0.0673. The topological polar surface area (TPSA) is 117 Å². The number of likely N-dealkylation sites (tertiary alicyclic amines) is 2. The number of nitrogens with one attached hydrogen (secondary N) is 2. The second-order valence-corrected chi connectivity index (χ2v) is 13.0. The summed E-state index contributed by atoms with van der Waals surface area (Å²) in [6.45, 7) is 2.74. The van der Waals surface area contributed by atoms with Crippen LogP contribution in [0.5, 0.6) is 11.5 Å². The van der Waals surface area contributed by atoms with Crippen molar-refractivity contribution in [3.63, 3.8) is 0 Å². The highest BCUT2D eigenvalue weighted by Crippen LogP contribution is 2.34. The van der Waals surface area contributed by atoms with Crippen LogP contribution in [-0.4, -0.2) is 77.9 Å². The lowest BCUT2D eigenvalue weighted by atomic mass is 9.98. The number of carbonyl (C=O) groups excluding carboxylic acids is 4. The summed E-state index contributed by atoms with van der Waals surface area (Å²) in [5.41, 5.74) is 2.83. The van der Waals surface area contributed by atoms with E-state index in [2.05, 4.69) is 22.8 Å². The van der Waals surface area contributed by atoms with Crippen LogP contribution in [0, 0.1) is 0 Å². The first-order chi connectivity index (χ1) is 22.9. The molecule has 3 saturated heterocycles. The maximum atomic E-state index is 13.4. The van der Waals surface area contributed by atoms with Crippen LogP contribution in [0.4, 0.5) is 0 Å². The zero-order valence-corrected chi connectivity index (χ0v) is 26.4. The van der Waals surface area contributed by atoms with Gasteiger partial charge in [-0.1, -0.05) is 36.4 Å². The third-order valence-electron chi connectivity index (χ3n) is 9.56. The average molecular weight is 637 g/mol. The molecule has 1 aliphatic carbocycles. The van der Waals surface area contributed by atoms with Gasteiger partial charge in [-0.25, -0.2) is 0 Å². The van der Waals surface area contributed by atoms with E-state index in [-0.39, 0.29) is 41.6 Å². The quantitative estimate of drug-likeness (QED) is 0.341. The van der Waals surface area contributed by atoms with Crippen LogP contribution in [0.1, 0.15) is 76.3 Å². The lowest BCUT2D eigenvalue weighted by Gasteiger charge is -2.23. The van der Waals surface area contributed by atoms with Crippen molar-refractivity contribution < 1.29 is 28.7 Å². The maximum Gasteiger partial charge on any atom is 0.251 e. The Morgan fingerprint density at radius 2 is 1.47 bits per heavy atom. The van der Waals surface area contributed by atoms with Crippen LogP contribution in [0.2, 0.25) is 0 Å². The van der Waals surface area contributed by atoms with Gasteiger partial charge >= 0.3 is 0 Å². The molecule has 4 fully saturated rings. The highest BCUT2D eigenvalue weighted by atomic mass is 16.5. The molecule has 7 rings (SSSR count). The van der Waals surface area contributed by atoms with Crippen molar-refractivity contribution in [3.8, 4) is 11.5 Å². The van der Waals surface area contributed by atoms with E-state index in [0.717, 1.165) is 36.8 Å². The number of carbonyl (C=O) groups is 4. The molecule has 3 aromatic carbocycles. The molecular weight excluding hydrogens is 596 g/mol. The van der Waals surface area contributed by atoms with Gasteiger partial charge in [0.05, 0.1) is 6.04 Å². The van der Waals surface area contributed by atoms with E-state index in [1.807, 2.05) is 34.1 Å². The van der Waals surface area contributed by atoms with Gasteiger partial charge in [0, 0.05) is 80.4 Å². The van der Waals surface area contributed by atoms with Gasteiger partial charge in [-0.3, -0.25) is 19.2 Å². The highest BCUT2D eigenvalue weighted by molar-refractivity contribution is 5.96. The second kappa shape index (κ2) is 13.6. The molecule has 47 heavy (non-hydrogen) atoms. The molecule has 4 amide bonds. The van der Waals surface area contributed by atoms with Gasteiger partial charge in [0.1, 0.15) is 11.5 Å². The van der Waals surface area contributed by atoms with E-state index in [1.54, 1.807) is 36.4 Å². The molecule has 0 radical (unpaired) electrons. The molecule has 1 saturated carbocycles. The Morgan fingerprint density at radius 3 is 2.21 bits per heavy atom. The molecule has 3 aromatic rings. The van der Waals surface area contributed by atoms with E-state index >= 15 is 0 Å². The second-order valence-electron chi connectivity index (χ2n) is 13.0. The first kappa shape index (κ1) is 30.9. The van der Waals surface area contributed by atoms with E-state index in [0.29, 0.717) is 74.4 Å². The predicted octanol–water partition coefficient (Wildman–Crippen LogP) is 4.40. The first-order valence-corrected chi connectivity index (χ1v) is 16.6. The third kappa shape index (κ3) is 7.33. The van der Waals surface area contributed by atoms with Crippen LogP contribution in [0.25, 0.3) is 0 Å². The summed E-state index contributed by atoms with van der Waals surface area (Å²) in [5.74, 6) is 0.802. The number of hydrogen-bond donors (Lipinski definition) is 2. The number of rotatable bonds is 10. The molecule has 0 bridgehead atoms. The largest absolute Gasteiger partial charge is 0.457 e. The van der Waals surface area contributed by atoms with Crippen molar-refractivity contribution in [2.24, 2.45) is 0 Å². The summed E-state index contributed by atoms with van der Waals surface area (Å²) in [4.78, 5) is 55.5. The first-order valence-electron chi connectivity index (χ1n) is 16.6. The van der Waals surface area contributed by atoms with E-state index in [4.69, 9.17) is 9.47 Å². The summed E-state index contributed by atoms with van der Waals surface area (Å²) >= 11 is 0. The Balaban J connectivity index is 1.08. The monoisotopic (exact) mass is 636 g/mol. The number of benzene rings is 3. The van der Waals surface area contributed by atoms with Gasteiger partial charge in [-0.2, -0.15) is 0 Å². The standard InChI is InChI=1S/C37H40N4O6/c42-34-19-28(24-4-2-1-3-5-24)22-40(34)21-27-7-6-26(37(45)39-30-20-35(43)41(23-30)31-10-11-31)18-33(27)47-32-12-8-25(9-13-32)36(44)38-29-14-16-46-17-15-29/h1-9,12-13,18,28-31H,10-11,14-17,19-23H2,(H,38,44)(H,39,45). The third-order valence-corrected chi connectivity index (χ3v) is 9.56. The number of amides is 4. The van der Waals surface area contributed by atoms with Crippen LogP contribution < -0.4 is 15.4 Å². The van der Waals surface area contributed by atoms with Gasteiger partial charge in [0.25, 0.3) is 11.8 Å². The van der Waals surface area contributed by atoms with Crippen molar-refractivity contribution in [2.45, 2.75) is 69.1 Å². The minimum Gasteiger partial charge on any atom is -0.457 e. The van der Waals surface area contributed by atoms with E-state index in [9.17, 15) is 19.2 Å². The van der Waals surface area contributed by atoms with Crippen LogP contribution >= 0.6 is 0 Å². The molecule has 3 heterocycles. The Labute approximate surface area is 274 Å². The van der Waals surface area contributed by atoms with Gasteiger partial charge in [0.2, 0.25) is 11.8 Å². The lowest BCUT2D eigenvalue weighted by molar-refractivity contribution is -0.129. The molecule has 244 valence electrons. The zero-order chi connectivity index (χ0) is 32.3. The fourth-order valence-corrected chi connectivity index (χ4v) is 6.75. The summed E-state index contributed by atoms with van der Waals surface area (Å²) in [6.07, 6.45) is 4.39. The number of nitrogens with zero attached hydrogens (tertiary/aromatic N) is 2. The van der Waals surface area contributed by atoms with Gasteiger partial charge in [-0.05, 0) is 67.6 Å². The smallest absolute Gasteiger partial charge is 0.251 e. The molecule has 2 unspecified atom stereocenters. The summed E-state index contributed by atoms with van der Waals surface area (Å²) < 4.78 is 11.7. The Kier molecular flexibility index (Phi) is 8.93. The molecule has 3 aliphatic heterocycles. The van der Waals surface area contributed by atoms with Gasteiger partial charge in [-0.15, -0.1) is 0 Å². The highest BCUT2D eigenvalue weighted by Gasteiger charge is 2.40. The van der Waals surface area contributed by atoms with Gasteiger partial charge < -0.3 is 29.9 Å². The summed E-state index contributed by atoms with van der Waals surface area (Å²) in [7, 11) is 0. The van der Waals surface area contributed by atoms with Crippen molar-refractivity contribution in [2.75, 3.05) is 26.3 Å². The molecule has 2 atom stereocenters. The van der Waals surface area contributed by atoms with Gasteiger partial charge in [0.15, 0.2) is 0 Å². The van der Waals surface area contributed by atoms with Crippen molar-refractivity contribution >= 4 is 23.6 Å². The van der Waals surface area contributed by atoms with Crippen molar-refractivity contribution in [1.82, 2.24) is 20.4 Å². The average Bonchev–Trinajstić information content (AvgIpc) is 3.77. The number of ether oxygens (including phenoxy) is 2. The Morgan fingerprint density at radius 1 is 0.766 bits per heavy atom. The van der Waals surface area contributed by atoms with Crippen molar-refractivity contribution in [3.05, 3.63) is 95.1 Å². The van der Waals surface area contributed by atoms with E-state index < -0.39 is 0 Å². The van der Waals surface area contributed by atoms with Crippen molar-refractivity contribution in [1.29, 1.82) is 0 Å². The Hall–Kier alpha value is -4.70. The molecular formula is C37H40N4O6. The van der Waals surface area contributed by atoms with Crippen LogP contribution in [-0.2, 0) is 20.9 Å². The van der Waals surface area contributed by atoms with Crippen LogP contribution in [0.3, 0.4) is 0 Å². The minimum atomic E-state index is -0.279. The molecule has 10 heteroatoms. The summed E-state index contributed by atoms with van der Waals surface area (Å²) in [6, 6.07) is 22.4. The molecule has 0 spiro atoms. The molecule has 10 nitrogen and oxygen atoms in total. The maximum absolute atomic E-state index is 13.4. The molecule has 4 aliphatic rings. The Bertz CT molecular complexity index is 1630. The predicted molar refractivity (Wildman–Crippen MR) is 174 cm³/mol. The summed E-state index contributed by atoms with van der Waals surface area (Å²) in [5, 5.41) is 6.10. The fourth-order valence-electron chi connectivity index (χ4n) is 6.75. The SMILES string of the molecule is O=C(NC1CCOCC1)c1ccc(Oc2cc(C(=O)NC3CC(=O)N(C4CC4)C3)ccc2CN2CC(c3ccccc3)CC2=O)cc1. The molecule has 2 N–H and O–H groups in total. The zero-order valence-electron chi connectivity index (χ0n) is 26.4. The number of hydrogen-bond acceptors (Lipinski definition) is 6. The lowest BCUT2D eigenvalue weighted by Crippen LogP contribution is -2.38. The fraction of sp³-hybridized carbons (Fsp3) is 0.405. The molecule has 0 aromatic heterocycles. The van der Waals surface area contributed by atoms with Crippen LogP contribution in [0.15, 0.2) is 72.8 Å².